The molecule has 1 aromatic heterocycles. The van der Waals surface area contributed by atoms with Crippen LogP contribution in [-0.4, -0.2) is 21.1 Å². The molecule has 5 heteroatoms. The van der Waals surface area contributed by atoms with Crippen LogP contribution in [0.1, 0.15) is 12.5 Å². The molecule has 0 radical (unpaired) electrons. The van der Waals surface area contributed by atoms with Gasteiger partial charge in [-0.25, -0.2) is 4.98 Å². The molecular weight excluding hydrogens is 232 g/mol. The molecular formula is C12H14N4S. The number of nitriles is 1. The number of benzene rings is 1. The number of imidazole rings is 1. The Morgan fingerprint density at radius 2 is 2.35 bits per heavy atom. The second-order valence-electron chi connectivity index (χ2n) is 3.91. The Balaban J connectivity index is 2.57. The molecule has 17 heavy (non-hydrogen) atoms. The number of hydrogen-bond acceptors (Lipinski definition) is 4. The van der Waals surface area contributed by atoms with Crippen LogP contribution in [0.4, 0.5) is 5.95 Å². The number of thioether (sulfide) groups is 1. The maximum atomic E-state index is 9.02. The van der Waals surface area contributed by atoms with E-state index in [2.05, 4.69) is 24.2 Å². The molecule has 2 N–H and O–H groups in total. The highest BCUT2D eigenvalue weighted by Gasteiger charge is 2.12. The van der Waals surface area contributed by atoms with Gasteiger partial charge in [0.2, 0.25) is 5.95 Å². The van der Waals surface area contributed by atoms with Crippen molar-refractivity contribution in [1.29, 1.82) is 5.26 Å². The van der Waals surface area contributed by atoms with Crippen LogP contribution in [0.25, 0.3) is 11.0 Å². The molecule has 88 valence electrons. The van der Waals surface area contributed by atoms with Crippen LogP contribution in [0, 0.1) is 11.3 Å². The first-order chi connectivity index (χ1) is 8.17. The van der Waals surface area contributed by atoms with Crippen molar-refractivity contribution in [1.82, 2.24) is 9.55 Å². The summed E-state index contributed by atoms with van der Waals surface area (Å²) in [5.41, 5.74) is 8.11. The maximum absolute atomic E-state index is 9.02. The molecule has 2 aromatic rings. The quantitative estimate of drug-likeness (QED) is 0.901. The van der Waals surface area contributed by atoms with Crippen LogP contribution in [-0.2, 0) is 6.54 Å². The third-order valence-corrected chi connectivity index (χ3v) is 3.72. The molecule has 0 saturated heterocycles. The van der Waals surface area contributed by atoms with Crippen LogP contribution in [0.15, 0.2) is 18.2 Å². The highest BCUT2D eigenvalue weighted by atomic mass is 32.2. The average Bonchev–Trinajstić information content (AvgIpc) is 2.66. The summed E-state index contributed by atoms with van der Waals surface area (Å²) in [6.45, 7) is 2.95. The smallest absolute Gasteiger partial charge is 0.201 e. The fraction of sp³-hybridized carbons (Fsp3) is 0.333. The lowest BCUT2D eigenvalue weighted by Crippen LogP contribution is -2.11. The number of anilines is 1. The van der Waals surface area contributed by atoms with Gasteiger partial charge in [0, 0.05) is 11.8 Å². The topological polar surface area (TPSA) is 67.6 Å². The number of rotatable bonds is 3. The zero-order valence-corrected chi connectivity index (χ0v) is 10.7. The number of nitrogens with two attached hydrogens (primary N) is 1. The molecule has 1 aromatic carbocycles. The van der Waals surface area contributed by atoms with E-state index in [4.69, 9.17) is 11.0 Å². The maximum Gasteiger partial charge on any atom is 0.201 e. The van der Waals surface area contributed by atoms with Gasteiger partial charge in [0.15, 0.2) is 0 Å². The van der Waals surface area contributed by atoms with E-state index in [0.29, 0.717) is 22.3 Å². The minimum atomic E-state index is 0.459. The van der Waals surface area contributed by atoms with Crippen molar-refractivity contribution in [3.63, 3.8) is 0 Å². The van der Waals surface area contributed by atoms with Gasteiger partial charge in [-0.3, -0.25) is 0 Å². The predicted molar refractivity (Wildman–Crippen MR) is 71.8 cm³/mol. The average molecular weight is 246 g/mol. The number of fused-ring (bicyclic) bond motifs is 1. The van der Waals surface area contributed by atoms with Gasteiger partial charge in [-0.2, -0.15) is 17.0 Å². The molecule has 1 atom stereocenters. The summed E-state index contributed by atoms with van der Waals surface area (Å²) in [6.07, 6.45) is 2.07. The monoisotopic (exact) mass is 246 g/mol. The summed E-state index contributed by atoms with van der Waals surface area (Å²) in [7, 11) is 0. The van der Waals surface area contributed by atoms with E-state index in [0.717, 1.165) is 12.1 Å². The van der Waals surface area contributed by atoms with E-state index >= 15 is 0 Å². The van der Waals surface area contributed by atoms with Crippen molar-refractivity contribution in [2.45, 2.75) is 18.7 Å². The van der Waals surface area contributed by atoms with Gasteiger partial charge in [-0.05, 0) is 18.4 Å². The number of hydrogen-bond donors (Lipinski definition) is 1. The van der Waals surface area contributed by atoms with E-state index < -0.39 is 0 Å². The van der Waals surface area contributed by atoms with E-state index in [9.17, 15) is 0 Å². The van der Waals surface area contributed by atoms with Gasteiger partial charge in [-0.1, -0.05) is 13.0 Å². The Morgan fingerprint density at radius 1 is 1.59 bits per heavy atom. The second kappa shape index (κ2) is 4.68. The summed E-state index contributed by atoms with van der Waals surface area (Å²) >= 11 is 1.78. The van der Waals surface area contributed by atoms with Gasteiger partial charge >= 0.3 is 0 Å². The number of nitrogen functional groups attached to an aromatic ring is 1. The first-order valence-electron chi connectivity index (χ1n) is 5.35. The fourth-order valence-electron chi connectivity index (χ4n) is 1.78. The third-order valence-electron chi connectivity index (χ3n) is 2.77. The molecule has 0 aliphatic heterocycles. The minimum Gasteiger partial charge on any atom is -0.369 e. The molecule has 0 fully saturated rings. The summed E-state index contributed by atoms with van der Waals surface area (Å²) in [5, 5.41) is 9.48. The molecule has 2 rings (SSSR count). The lowest BCUT2D eigenvalue weighted by atomic mass is 10.2. The molecule has 0 aliphatic carbocycles. The lowest BCUT2D eigenvalue weighted by Gasteiger charge is -2.11. The Hall–Kier alpha value is -1.67. The third kappa shape index (κ3) is 2.08. The van der Waals surface area contributed by atoms with Crippen LogP contribution in [0.2, 0.25) is 0 Å². The minimum absolute atomic E-state index is 0.459. The summed E-state index contributed by atoms with van der Waals surface area (Å²) < 4.78 is 1.97. The summed E-state index contributed by atoms with van der Waals surface area (Å²) in [6, 6.07) is 7.72. The SMILES string of the molecule is CSC(C)Cn1c(N)nc2c(C#N)cccc21. The summed E-state index contributed by atoms with van der Waals surface area (Å²) in [4.78, 5) is 4.28. The second-order valence-corrected chi connectivity index (χ2v) is 5.19. The zero-order chi connectivity index (χ0) is 12.4. The largest absolute Gasteiger partial charge is 0.369 e. The van der Waals surface area contributed by atoms with E-state index in [-0.39, 0.29) is 0 Å². The van der Waals surface area contributed by atoms with Crippen LogP contribution in [0.5, 0.6) is 0 Å². The van der Waals surface area contributed by atoms with Crippen LogP contribution >= 0.6 is 11.8 Å². The number of para-hydroxylation sites is 1. The fourth-order valence-corrected chi connectivity index (χ4v) is 2.08. The highest BCUT2D eigenvalue weighted by molar-refractivity contribution is 7.99. The van der Waals surface area contributed by atoms with E-state index in [1.807, 2.05) is 16.7 Å². The molecule has 0 aliphatic rings. The van der Waals surface area contributed by atoms with E-state index in [1.165, 1.54) is 0 Å². The van der Waals surface area contributed by atoms with Crippen LogP contribution < -0.4 is 5.73 Å². The van der Waals surface area contributed by atoms with Gasteiger partial charge in [0.1, 0.15) is 11.6 Å². The molecule has 1 heterocycles. The van der Waals surface area contributed by atoms with Gasteiger partial charge < -0.3 is 10.3 Å². The Labute approximate surface area is 104 Å². The molecule has 0 saturated carbocycles. The Kier molecular flexibility index (Phi) is 3.25. The number of nitrogens with zero attached hydrogens (tertiary/aromatic N) is 3. The van der Waals surface area contributed by atoms with Crippen LogP contribution in [0.3, 0.4) is 0 Å². The van der Waals surface area contributed by atoms with Gasteiger partial charge in [0.05, 0.1) is 11.1 Å². The number of aromatic nitrogens is 2. The Morgan fingerprint density at radius 3 is 3.00 bits per heavy atom. The first kappa shape index (κ1) is 11.8. The standard InChI is InChI=1S/C12H14N4S/c1-8(17-2)7-16-10-5-3-4-9(6-13)11(10)15-12(16)14/h3-5,8H,7H2,1-2H3,(H2,14,15). The Bertz CT molecular complexity index is 582. The summed E-state index contributed by atoms with van der Waals surface area (Å²) in [5.74, 6) is 0.476. The molecule has 0 amide bonds. The van der Waals surface area contributed by atoms with E-state index in [1.54, 1.807) is 17.8 Å². The lowest BCUT2D eigenvalue weighted by molar-refractivity contribution is 0.721. The van der Waals surface area contributed by atoms with Crippen molar-refractivity contribution >= 4 is 28.7 Å². The molecule has 1 unspecified atom stereocenters. The van der Waals surface area contributed by atoms with Crippen molar-refractivity contribution in [2.24, 2.45) is 0 Å². The van der Waals surface area contributed by atoms with Gasteiger partial charge in [0.25, 0.3) is 0 Å². The highest BCUT2D eigenvalue weighted by Crippen LogP contribution is 2.22. The molecule has 0 spiro atoms. The first-order valence-corrected chi connectivity index (χ1v) is 6.63. The van der Waals surface area contributed by atoms with Crippen molar-refractivity contribution in [3.05, 3.63) is 23.8 Å². The molecule has 0 bridgehead atoms. The molecule has 4 nitrogen and oxygen atoms in total. The predicted octanol–water partition coefficient (Wildman–Crippen LogP) is 2.24. The van der Waals surface area contributed by atoms with Crippen molar-refractivity contribution in [2.75, 3.05) is 12.0 Å². The van der Waals surface area contributed by atoms with Gasteiger partial charge in [-0.15, -0.1) is 0 Å². The zero-order valence-electron chi connectivity index (χ0n) is 9.84. The van der Waals surface area contributed by atoms with Crippen molar-refractivity contribution in [3.8, 4) is 6.07 Å². The normalized spacial score (nSPS) is 12.5. The van der Waals surface area contributed by atoms with Crippen molar-refractivity contribution < 1.29 is 0 Å².